The fraction of sp³-hybridized carbons (Fsp3) is 0.765. The second kappa shape index (κ2) is 9.89. The molecule has 5 nitrogen and oxygen atoms in total. The first-order valence-corrected chi connectivity index (χ1v) is 9.52. The molecule has 2 N–H and O–H groups in total. The number of aryl methyl sites for hydroxylation is 2. The molecule has 0 aliphatic carbocycles. The van der Waals surface area contributed by atoms with Crippen LogP contribution in [-0.2, 0) is 0 Å². The van der Waals surface area contributed by atoms with Crippen molar-refractivity contribution in [1.82, 2.24) is 15.8 Å². The van der Waals surface area contributed by atoms with Crippen LogP contribution < -0.4 is 10.6 Å². The zero-order chi connectivity index (χ0) is 16.9. The average molecular weight is 466 g/mol. The van der Waals surface area contributed by atoms with E-state index >= 15 is 0 Å². The van der Waals surface area contributed by atoms with Crippen molar-refractivity contribution >= 4 is 41.7 Å². The Bertz CT molecular complexity index is 521. The molecule has 1 aliphatic rings. The molecule has 0 amide bonds. The van der Waals surface area contributed by atoms with Crippen molar-refractivity contribution in [2.24, 2.45) is 4.99 Å². The lowest BCUT2D eigenvalue weighted by Crippen LogP contribution is -2.40. The Balaban J connectivity index is 0.00000288. The molecule has 1 aromatic rings. The third-order valence-electron chi connectivity index (χ3n) is 4.37. The molecule has 1 saturated heterocycles. The first kappa shape index (κ1) is 21.6. The van der Waals surface area contributed by atoms with E-state index in [2.05, 4.69) is 36.6 Å². The van der Waals surface area contributed by atoms with Crippen LogP contribution >= 0.6 is 35.7 Å². The number of halogens is 1. The standard InChI is InChI=1S/C17H30N4OS.HI/c1-6-18-16(20-11-17(5)8-7-9-23-17)19-10-12(2)15-13(3)21-22-14(15)4;/h12H,6-11H2,1-5H3,(H2,18,19,20);1H. The van der Waals surface area contributed by atoms with Crippen LogP contribution in [0.15, 0.2) is 9.52 Å². The maximum absolute atomic E-state index is 5.27. The van der Waals surface area contributed by atoms with Crippen molar-refractivity contribution in [3.63, 3.8) is 0 Å². The fourth-order valence-corrected chi connectivity index (χ4v) is 4.32. The lowest BCUT2D eigenvalue weighted by atomic mass is 10.00. The Morgan fingerprint density at radius 2 is 2.17 bits per heavy atom. The molecule has 138 valence electrons. The minimum atomic E-state index is 0. The van der Waals surface area contributed by atoms with Crippen molar-refractivity contribution in [2.75, 3.05) is 25.4 Å². The molecule has 0 spiro atoms. The lowest BCUT2D eigenvalue weighted by Gasteiger charge is -2.21. The molecule has 0 bridgehead atoms. The van der Waals surface area contributed by atoms with E-state index in [1.165, 1.54) is 24.2 Å². The maximum Gasteiger partial charge on any atom is 0.191 e. The first-order chi connectivity index (χ1) is 10.9. The Hall–Kier alpha value is -0.440. The quantitative estimate of drug-likeness (QED) is 0.379. The predicted molar refractivity (Wildman–Crippen MR) is 114 cm³/mol. The van der Waals surface area contributed by atoms with Gasteiger partial charge in [0.1, 0.15) is 5.76 Å². The summed E-state index contributed by atoms with van der Waals surface area (Å²) in [7, 11) is 0. The maximum atomic E-state index is 5.27. The van der Waals surface area contributed by atoms with Gasteiger partial charge in [-0.15, -0.1) is 24.0 Å². The normalized spacial score (nSPS) is 22.1. The van der Waals surface area contributed by atoms with Crippen LogP contribution in [0.4, 0.5) is 0 Å². The molecule has 1 fully saturated rings. The van der Waals surface area contributed by atoms with Crippen LogP contribution in [-0.4, -0.2) is 41.3 Å². The number of nitrogens with zero attached hydrogens (tertiary/aromatic N) is 2. The van der Waals surface area contributed by atoms with Crippen molar-refractivity contribution in [3.8, 4) is 0 Å². The summed E-state index contributed by atoms with van der Waals surface area (Å²) in [6.45, 7) is 13.1. The van der Waals surface area contributed by atoms with Gasteiger partial charge < -0.3 is 15.2 Å². The number of aromatic nitrogens is 1. The van der Waals surface area contributed by atoms with Crippen LogP contribution in [0, 0.1) is 13.8 Å². The highest BCUT2D eigenvalue weighted by Gasteiger charge is 2.29. The predicted octanol–water partition coefficient (Wildman–Crippen LogP) is 3.85. The molecule has 2 atom stereocenters. The number of aliphatic imine (C=N–C) groups is 1. The molecule has 0 radical (unpaired) electrons. The highest BCUT2D eigenvalue weighted by Crippen LogP contribution is 2.37. The van der Waals surface area contributed by atoms with Crippen LogP contribution in [0.3, 0.4) is 0 Å². The highest BCUT2D eigenvalue weighted by atomic mass is 127. The second-order valence-corrected chi connectivity index (χ2v) is 8.30. The molecule has 2 heterocycles. The van der Waals surface area contributed by atoms with E-state index in [1.54, 1.807) is 0 Å². The van der Waals surface area contributed by atoms with E-state index in [9.17, 15) is 0 Å². The van der Waals surface area contributed by atoms with Gasteiger partial charge in [0.05, 0.1) is 12.2 Å². The van der Waals surface area contributed by atoms with Gasteiger partial charge in [-0.3, -0.25) is 4.99 Å². The van der Waals surface area contributed by atoms with Gasteiger partial charge in [-0.1, -0.05) is 12.1 Å². The summed E-state index contributed by atoms with van der Waals surface area (Å²) >= 11 is 2.05. The molecule has 0 saturated carbocycles. The van der Waals surface area contributed by atoms with Gasteiger partial charge in [-0.2, -0.15) is 11.8 Å². The molecule has 1 aliphatic heterocycles. The summed E-state index contributed by atoms with van der Waals surface area (Å²) in [5, 5.41) is 10.9. The fourth-order valence-electron chi connectivity index (χ4n) is 3.10. The lowest BCUT2D eigenvalue weighted by molar-refractivity contribution is 0.391. The minimum absolute atomic E-state index is 0. The molecular weight excluding hydrogens is 435 g/mol. The third-order valence-corrected chi connectivity index (χ3v) is 5.90. The Kier molecular flexibility index (Phi) is 8.90. The molecule has 1 aromatic heterocycles. The number of rotatable bonds is 6. The van der Waals surface area contributed by atoms with E-state index in [-0.39, 0.29) is 24.0 Å². The van der Waals surface area contributed by atoms with Gasteiger partial charge in [0.25, 0.3) is 0 Å². The minimum Gasteiger partial charge on any atom is -0.361 e. The summed E-state index contributed by atoms with van der Waals surface area (Å²) < 4.78 is 5.57. The van der Waals surface area contributed by atoms with Gasteiger partial charge in [0.2, 0.25) is 0 Å². The van der Waals surface area contributed by atoms with Crippen LogP contribution in [0.25, 0.3) is 0 Å². The summed E-state index contributed by atoms with van der Waals surface area (Å²) in [5.74, 6) is 3.41. The number of guanidine groups is 1. The zero-order valence-electron chi connectivity index (χ0n) is 15.4. The smallest absolute Gasteiger partial charge is 0.191 e. The molecule has 2 unspecified atom stereocenters. The third kappa shape index (κ3) is 5.82. The highest BCUT2D eigenvalue weighted by molar-refractivity contribution is 14.0. The number of hydrogen-bond acceptors (Lipinski definition) is 4. The van der Waals surface area contributed by atoms with Gasteiger partial charge in [-0.25, -0.2) is 0 Å². The van der Waals surface area contributed by atoms with Crippen molar-refractivity contribution in [2.45, 2.75) is 58.1 Å². The first-order valence-electron chi connectivity index (χ1n) is 8.54. The second-order valence-electron chi connectivity index (χ2n) is 6.62. The van der Waals surface area contributed by atoms with Crippen LogP contribution in [0.1, 0.15) is 56.5 Å². The van der Waals surface area contributed by atoms with E-state index in [1.807, 2.05) is 25.6 Å². The number of hydrogen-bond donors (Lipinski definition) is 2. The number of nitrogens with one attached hydrogen (secondary N) is 2. The van der Waals surface area contributed by atoms with E-state index < -0.39 is 0 Å². The van der Waals surface area contributed by atoms with E-state index in [0.717, 1.165) is 37.0 Å². The van der Waals surface area contributed by atoms with Crippen molar-refractivity contribution in [1.29, 1.82) is 0 Å². The zero-order valence-corrected chi connectivity index (χ0v) is 18.6. The van der Waals surface area contributed by atoms with Gasteiger partial charge in [0, 0.05) is 29.3 Å². The van der Waals surface area contributed by atoms with E-state index in [4.69, 9.17) is 9.52 Å². The Morgan fingerprint density at radius 1 is 1.42 bits per heavy atom. The molecule has 0 aromatic carbocycles. The largest absolute Gasteiger partial charge is 0.361 e. The van der Waals surface area contributed by atoms with Crippen molar-refractivity contribution < 1.29 is 4.52 Å². The van der Waals surface area contributed by atoms with Gasteiger partial charge in [0.15, 0.2) is 5.96 Å². The summed E-state index contributed by atoms with van der Waals surface area (Å²) in [5.41, 5.74) is 2.18. The van der Waals surface area contributed by atoms with Crippen LogP contribution in [0.5, 0.6) is 0 Å². The van der Waals surface area contributed by atoms with Gasteiger partial charge >= 0.3 is 0 Å². The Morgan fingerprint density at radius 3 is 2.71 bits per heavy atom. The topological polar surface area (TPSA) is 62.5 Å². The Labute approximate surface area is 167 Å². The summed E-state index contributed by atoms with van der Waals surface area (Å²) in [6.07, 6.45) is 2.57. The molecule has 2 rings (SSSR count). The monoisotopic (exact) mass is 466 g/mol. The van der Waals surface area contributed by atoms with Gasteiger partial charge in [-0.05, 0) is 46.3 Å². The van der Waals surface area contributed by atoms with Crippen molar-refractivity contribution in [3.05, 3.63) is 17.0 Å². The summed E-state index contributed by atoms with van der Waals surface area (Å²) in [4.78, 5) is 4.80. The molecule has 7 heteroatoms. The summed E-state index contributed by atoms with van der Waals surface area (Å²) in [6, 6.07) is 0. The van der Waals surface area contributed by atoms with Crippen LogP contribution in [0.2, 0.25) is 0 Å². The SMILES string of the molecule is CCNC(=NCC1(C)CCCS1)NCC(C)c1c(C)noc1C.I. The number of thioether (sulfide) groups is 1. The molecular formula is C17H31IN4OS. The molecule has 24 heavy (non-hydrogen) atoms. The van der Waals surface area contributed by atoms with E-state index in [0.29, 0.717) is 10.7 Å². The average Bonchev–Trinajstić information content (AvgIpc) is 3.08.